The van der Waals surface area contributed by atoms with Crippen molar-refractivity contribution in [3.63, 3.8) is 0 Å². The molecule has 2 aromatic rings. The van der Waals surface area contributed by atoms with E-state index in [2.05, 4.69) is 61.7 Å². The molecule has 90 valence electrons. The van der Waals surface area contributed by atoms with Crippen LogP contribution in [0.5, 0.6) is 0 Å². The van der Waals surface area contributed by atoms with E-state index in [1.807, 2.05) is 12.2 Å². The second-order valence-electron chi connectivity index (χ2n) is 4.35. The first-order valence-corrected chi connectivity index (χ1v) is 6.25. The third-order valence-corrected chi connectivity index (χ3v) is 3.14. The molecule has 0 heterocycles. The lowest BCUT2D eigenvalue weighted by molar-refractivity contribution is 0.957. The van der Waals surface area contributed by atoms with E-state index in [0.717, 1.165) is 12.8 Å². The first kappa shape index (κ1) is 12.4. The Bertz CT molecular complexity index is 549. The molecule has 2 aromatic carbocycles. The van der Waals surface area contributed by atoms with Gasteiger partial charge in [0.15, 0.2) is 0 Å². The van der Waals surface area contributed by atoms with Crippen LogP contribution in [-0.2, 0) is 12.8 Å². The molecule has 18 heavy (non-hydrogen) atoms. The van der Waals surface area contributed by atoms with Gasteiger partial charge in [0.05, 0.1) is 0 Å². The lowest BCUT2D eigenvalue weighted by Crippen LogP contribution is -1.94. The molecule has 2 rings (SSSR count). The maximum Gasteiger partial charge on any atom is -0.0230 e. The summed E-state index contributed by atoms with van der Waals surface area (Å²) in [6, 6.07) is 17.0. The van der Waals surface area contributed by atoms with Crippen molar-refractivity contribution in [3.05, 3.63) is 83.9 Å². The zero-order valence-electron chi connectivity index (χ0n) is 10.6. The van der Waals surface area contributed by atoms with Crippen LogP contribution in [0.4, 0.5) is 0 Å². The fourth-order valence-corrected chi connectivity index (χ4v) is 2.12. The molecule has 0 aliphatic carbocycles. The van der Waals surface area contributed by atoms with E-state index in [4.69, 9.17) is 0 Å². The van der Waals surface area contributed by atoms with Crippen LogP contribution in [0.1, 0.15) is 22.3 Å². The van der Waals surface area contributed by atoms with Crippen molar-refractivity contribution < 1.29 is 0 Å². The van der Waals surface area contributed by atoms with Crippen LogP contribution in [-0.4, -0.2) is 0 Å². The summed E-state index contributed by atoms with van der Waals surface area (Å²) in [4.78, 5) is 0. The van der Waals surface area contributed by atoms with Crippen LogP contribution in [0.15, 0.2) is 61.7 Å². The number of rotatable bonds is 5. The number of aryl methyl sites for hydroxylation is 2. The van der Waals surface area contributed by atoms with Crippen molar-refractivity contribution in [2.75, 3.05) is 0 Å². The van der Waals surface area contributed by atoms with Crippen molar-refractivity contribution >= 4 is 12.2 Å². The Morgan fingerprint density at radius 3 is 2.44 bits per heavy atom. The molecule has 0 aliphatic heterocycles. The summed E-state index contributed by atoms with van der Waals surface area (Å²) >= 11 is 0. The summed E-state index contributed by atoms with van der Waals surface area (Å²) in [5.74, 6) is 0. The molecule has 0 amide bonds. The van der Waals surface area contributed by atoms with Gasteiger partial charge in [0, 0.05) is 0 Å². The van der Waals surface area contributed by atoms with Crippen molar-refractivity contribution in [3.8, 4) is 0 Å². The molecule has 0 aliphatic rings. The third kappa shape index (κ3) is 2.98. The Kier molecular flexibility index (Phi) is 4.14. The predicted molar refractivity (Wildman–Crippen MR) is 80.5 cm³/mol. The van der Waals surface area contributed by atoms with E-state index in [-0.39, 0.29) is 0 Å². The molecule has 0 heteroatoms. The van der Waals surface area contributed by atoms with Crippen LogP contribution in [0.25, 0.3) is 12.2 Å². The van der Waals surface area contributed by atoms with Crippen molar-refractivity contribution in [1.29, 1.82) is 0 Å². The van der Waals surface area contributed by atoms with Crippen molar-refractivity contribution in [2.24, 2.45) is 0 Å². The van der Waals surface area contributed by atoms with Crippen LogP contribution in [0.3, 0.4) is 0 Å². The van der Waals surface area contributed by atoms with Gasteiger partial charge in [-0.05, 0) is 35.1 Å². The highest BCUT2D eigenvalue weighted by Gasteiger charge is 2.00. The lowest BCUT2D eigenvalue weighted by Gasteiger charge is -2.06. The smallest absolute Gasteiger partial charge is 0.0230 e. The summed E-state index contributed by atoms with van der Waals surface area (Å²) in [6.07, 6.45) is 5.91. The summed E-state index contributed by atoms with van der Waals surface area (Å²) in [6.45, 7) is 7.67. The fourth-order valence-electron chi connectivity index (χ4n) is 2.12. The molecule has 0 saturated carbocycles. The minimum Gasteiger partial charge on any atom is -0.0985 e. The van der Waals surface area contributed by atoms with E-state index >= 15 is 0 Å². The second-order valence-corrected chi connectivity index (χ2v) is 4.35. The number of hydrogen-bond acceptors (Lipinski definition) is 0. The van der Waals surface area contributed by atoms with Gasteiger partial charge in [0.1, 0.15) is 0 Å². The molecular formula is C18H18. The van der Waals surface area contributed by atoms with Gasteiger partial charge in [-0.3, -0.25) is 0 Å². The van der Waals surface area contributed by atoms with Gasteiger partial charge in [0.2, 0.25) is 0 Å². The molecule has 0 radical (unpaired) electrons. The van der Waals surface area contributed by atoms with E-state index in [0.29, 0.717) is 0 Å². The van der Waals surface area contributed by atoms with Crippen LogP contribution in [0.2, 0.25) is 0 Å². The Labute approximate surface area is 109 Å². The molecule has 0 nitrogen and oxygen atoms in total. The van der Waals surface area contributed by atoms with Gasteiger partial charge >= 0.3 is 0 Å². The van der Waals surface area contributed by atoms with Gasteiger partial charge in [-0.15, -0.1) is 0 Å². The van der Waals surface area contributed by atoms with E-state index in [1.54, 1.807) is 0 Å². The standard InChI is InChI=1S/C18H18/c1-3-15-8-7-9-16(14-15)12-13-18-11-6-5-10-17(18)4-2/h3-11,14H,1-2,12-13H2. The highest BCUT2D eigenvalue weighted by molar-refractivity contribution is 5.52. The average Bonchev–Trinajstić information content (AvgIpc) is 2.45. The van der Waals surface area contributed by atoms with E-state index in [9.17, 15) is 0 Å². The van der Waals surface area contributed by atoms with E-state index < -0.39 is 0 Å². The minimum absolute atomic E-state index is 1.04. The third-order valence-electron chi connectivity index (χ3n) is 3.14. The normalized spacial score (nSPS) is 10.0. The maximum absolute atomic E-state index is 3.86. The molecular weight excluding hydrogens is 216 g/mol. The quantitative estimate of drug-likeness (QED) is 0.700. The lowest BCUT2D eigenvalue weighted by atomic mass is 9.99. The molecule has 0 aromatic heterocycles. The van der Waals surface area contributed by atoms with Gasteiger partial charge in [-0.2, -0.15) is 0 Å². The molecule has 0 N–H and O–H groups in total. The zero-order valence-corrected chi connectivity index (χ0v) is 10.6. The zero-order chi connectivity index (χ0) is 12.8. The molecule has 0 unspecified atom stereocenters. The second kappa shape index (κ2) is 6.02. The molecule has 0 atom stereocenters. The first-order valence-electron chi connectivity index (χ1n) is 6.25. The van der Waals surface area contributed by atoms with Crippen LogP contribution < -0.4 is 0 Å². The van der Waals surface area contributed by atoms with Gasteiger partial charge in [-0.25, -0.2) is 0 Å². The Hall–Kier alpha value is -2.08. The molecule has 0 bridgehead atoms. The summed E-state index contributed by atoms with van der Waals surface area (Å²) in [5, 5.41) is 0. The van der Waals surface area contributed by atoms with E-state index in [1.165, 1.54) is 22.3 Å². The summed E-state index contributed by atoms with van der Waals surface area (Å²) in [5.41, 5.74) is 5.13. The monoisotopic (exact) mass is 234 g/mol. The van der Waals surface area contributed by atoms with Crippen molar-refractivity contribution in [1.82, 2.24) is 0 Å². The predicted octanol–water partition coefficient (Wildman–Crippen LogP) is 4.76. The minimum atomic E-state index is 1.04. The van der Waals surface area contributed by atoms with Crippen molar-refractivity contribution in [2.45, 2.75) is 12.8 Å². The molecule has 0 spiro atoms. The molecule has 0 fully saturated rings. The van der Waals surface area contributed by atoms with Crippen LogP contribution in [0, 0.1) is 0 Å². The number of benzene rings is 2. The number of hydrogen-bond donors (Lipinski definition) is 0. The molecule has 0 saturated heterocycles. The first-order chi connectivity index (χ1) is 8.83. The maximum atomic E-state index is 3.86. The summed E-state index contributed by atoms with van der Waals surface area (Å²) < 4.78 is 0. The van der Waals surface area contributed by atoms with Crippen LogP contribution >= 0.6 is 0 Å². The van der Waals surface area contributed by atoms with Gasteiger partial charge in [0.25, 0.3) is 0 Å². The largest absolute Gasteiger partial charge is 0.0985 e. The Balaban J connectivity index is 2.11. The average molecular weight is 234 g/mol. The topological polar surface area (TPSA) is 0 Å². The highest BCUT2D eigenvalue weighted by atomic mass is 14.0. The Morgan fingerprint density at radius 2 is 1.67 bits per heavy atom. The highest BCUT2D eigenvalue weighted by Crippen LogP contribution is 2.14. The van der Waals surface area contributed by atoms with Gasteiger partial charge < -0.3 is 0 Å². The Morgan fingerprint density at radius 1 is 0.833 bits per heavy atom. The van der Waals surface area contributed by atoms with Gasteiger partial charge in [-0.1, -0.05) is 73.8 Å². The SMILES string of the molecule is C=Cc1cccc(CCc2ccccc2C=C)c1. The fraction of sp³-hybridized carbons (Fsp3) is 0.111. The summed E-state index contributed by atoms with van der Waals surface area (Å²) in [7, 11) is 0.